The highest BCUT2D eigenvalue weighted by molar-refractivity contribution is 7.27. The molecule has 2 amide bonds. The van der Waals surface area contributed by atoms with E-state index in [9.17, 15) is 9.59 Å². The number of piperazine rings is 1. The van der Waals surface area contributed by atoms with Crippen molar-refractivity contribution in [2.75, 3.05) is 26.2 Å². The van der Waals surface area contributed by atoms with Crippen LogP contribution in [0.25, 0.3) is 9.40 Å². The molecular formula is C20H22ClN3O2S2. The Morgan fingerprint density at radius 1 is 1.00 bits per heavy atom. The summed E-state index contributed by atoms with van der Waals surface area (Å²) >= 11 is 3.20. The van der Waals surface area contributed by atoms with E-state index >= 15 is 0 Å². The average Bonchev–Trinajstić information content (AvgIpc) is 3.30. The second kappa shape index (κ2) is 9.05. The fourth-order valence-electron chi connectivity index (χ4n) is 3.32. The van der Waals surface area contributed by atoms with Gasteiger partial charge in [-0.15, -0.1) is 35.1 Å². The van der Waals surface area contributed by atoms with Gasteiger partial charge in [0.15, 0.2) is 0 Å². The van der Waals surface area contributed by atoms with E-state index in [0.717, 1.165) is 19.8 Å². The molecule has 1 atom stereocenters. The van der Waals surface area contributed by atoms with Crippen molar-refractivity contribution in [3.05, 3.63) is 58.3 Å². The zero-order chi connectivity index (χ0) is 18.8. The smallest absolute Gasteiger partial charge is 0.264 e. The van der Waals surface area contributed by atoms with Gasteiger partial charge < -0.3 is 15.5 Å². The minimum absolute atomic E-state index is 0. The summed E-state index contributed by atoms with van der Waals surface area (Å²) in [6.45, 7) is 2.26. The van der Waals surface area contributed by atoms with Crippen molar-refractivity contribution >= 4 is 56.3 Å². The molecule has 3 aromatic rings. The lowest BCUT2D eigenvalue weighted by Gasteiger charge is -2.35. The maximum Gasteiger partial charge on any atom is 0.264 e. The molecular weight excluding hydrogens is 414 g/mol. The van der Waals surface area contributed by atoms with Crippen LogP contribution in [-0.2, 0) is 4.79 Å². The van der Waals surface area contributed by atoms with Gasteiger partial charge in [0.25, 0.3) is 5.91 Å². The van der Waals surface area contributed by atoms with Crippen LogP contribution in [0.2, 0.25) is 0 Å². The van der Waals surface area contributed by atoms with Gasteiger partial charge >= 0.3 is 0 Å². The van der Waals surface area contributed by atoms with E-state index in [1.807, 2.05) is 57.6 Å². The quantitative estimate of drug-likeness (QED) is 0.678. The molecule has 28 heavy (non-hydrogen) atoms. The van der Waals surface area contributed by atoms with Crippen molar-refractivity contribution in [1.29, 1.82) is 0 Å². The fourth-order valence-corrected chi connectivity index (χ4v) is 5.40. The van der Waals surface area contributed by atoms with Gasteiger partial charge in [0.05, 0.1) is 4.88 Å². The summed E-state index contributed by atoms with van der Waals surface area (Å²) < 4.78 is 2.32. The number of rotatable bonds is 4. The Bertz CT molecular complexity index is 920. The zero-order valence-electron chi connectivity index (χ0n) is 15.2. The predicted octanol–water partition coefficient (Wildman–Crippen LogP) is 3.76. The molecule has 1 saturated heterocycles. The molecule has 1 aromatic carbocycles. The van der Waals surface area contributed by atoms with Gasteiger partial charge in [0.1, 0.15) is 0 Å². The van der Waals surface area contributed by atoms with Gasteiger partial charge in [0.2, 0.25) is 5.91 Å². The van der Waals surface area contributed by atoms with Crippen LogP contribution in [0, 0.1) is 0 Å². The van der Waals surface area contributed by atoms with Gasteiger partial charge in [-0.1, -0.05) is 30.3 Å². The van der Waals surface area contributed by atoms with Crippen molar-refractivity contribution in [3.8, 4) is 0 Å². The Morgan fingerprint density at radius 3 is 2.36 bits per heavy atom. The number of carbonyl (C=O) groups is 2. The number of nitrogens with zero attached hydrogens (tertiary/aromatic N) is 2. The second-order valence-corrected chi connectivity index (χ2v) is 8.69. The van der Waals surface area contributed by atoms with Gasteiger partial charge in [-0.3, -0.25) is 9.59 Å². The molecule has 0 spiro atoms. The molecule has 8 heteroatoms. The highest BCUT2D eigenvalue weighted by Crippen LogP contribution is 2.30. The molecule has 2 aromatic heterocycles. The van der Waals surface area contributed by atoms with Crippen LogP contribution in [0.5, 0.6) is 0 Å². The van der Waals surface area contributed by atoms with Crippen LogP contribution < -0.4 is 5.73 Å². The summed E-state index contributed by atoms with van der Waals surface area (Å²) in [4.78, 5) is 29.7. The summed E-state index contributed by atoms with van der Waals surface area (Å²) in [6.07, 6.45) is 0.291. The summed E-state index contributed by atoms with van der Waals surface area (Å²) in [5.41, 5.74) is 7.14. The third-order valence-electron chi connectivity index (χ3n) is 4.89. The lowest BCUT2D eigenvalue weighted by atomic mass is 10.0. The Balaban J connectivity index is 0.00000225. The number of hydrogen-bond acceptors (Lipinski definition) is 5. The number of carbonyl (C=O) groups excluding carboxylic acids is 2. The van der Waals surface area contributed by atoms with Crippen molar-refractivity contribution in [2.45, 2.75) is 12.5 Å². The summed E-state index contributed by atoms with van der Waals surface area (Å²) in [5, 5.41) is 2.04. The largest absolute Gasteiger partial charge is 0.339 e. The van der Waals surface area contributed by atoms with E-state index < -0.39 is 0 Å². The molecule has 0 saturated carbocycles. The molecule has 1 aliphatic heterocycles. The molecule has 0 radical (unpaired) electrons. The molecule has 4 rings (SSSR count). The van der Waals surface area contributed by atoms with Crippen LogP contribution in [0.4, 0.5) is 0 Å². The maximum atomic E-state index is 12.7. The van der Waals surface area contributed by atoms with E-state index in [1.54, 1.807) is 22.7 Å². The van der Waals surface area contributed by atoms with Gasteiger partial charge in [-0.05, 0) is 23.1 Å². The number of thiophene rings is 2. The molecule has 3 heterocycles. The Hall–Kier alpha value is -1.93. The van der Waals surface area contributed by atoms with Crippen molar-refractivity contribution in [1.82, 2.24) is 9.80 Å². The number of halogens is 1. The SMILES string of the molecule is Cl.NC(CC(=O)N1CCN(C(=O)c2cc3sccc3s2)CC1)c1ccccc1. The summed E-state index contributed by atoms with van der Waals surface area (Å²) in [6, 6.07) is 13.4. The topological polar surface area (TPSA) is 66.6 Å². The Labute approximate surface area is 178 Å². The first-order valence-electron chi connectivity index (χ1n) is 8.96. The summed E-state index contributed by atoms with van der Waals surface area (Å²) in [5.74, 6) is 0.117. The van der Waals surface area contributed by atoms with Gasteiger partial charge in [0, 0.05) is 48.0 Å². The first-order valence-corrected chi connectivity index (χ1v) is 10.7. The minimum atomic E-state index is -0.294. The van der Waals surface area contributed by atoms with Gasteiger partial charge in [-0.25, -0.2) is 0 Å². The summed E-state index contributed by atoms with van der Waals surface area (Å²) in [7, 11) is 0. The van der Waals surface area contributed by atoms with E-state index in [0.29, 0.717) is 32.6 Å². The normalized spacial score (nSPS) is 15.3. The van der Waals surface area contributed by atoms with E-state index in [1.165, 1.54) is 0 Å². The lowest BCUT2D eigenvalue weighted by molar-refractivity contribution is -0.133. The van der Waals surface area contributed by atoms with Crippen LogP contribution in [0.3, 0.4) is 0 Å². The first kappa shape index (κ1) is 20.8. The molecule has 148 valence electrons. The van der Waals surface area contributed by atoms with Crippen molar-refractivity contribution < 1.29 is 9.59 Å². The predicted molar refractivity (Wildman–Crippen MR) is 117 cm³/mol. The minimum Gasteiger partial charge on any atom is -0.339 e. The van der Waals surface area contributed by atoms with Crippen LogP contribution in [0.15, 0.2) is 47.8 Å². The fraction of sp³-hybridized carbons (Fsp3) is 0.300. The average molecular weight is 436 g/mol. The molecule has 1 unspecified atom stereocenters. The van der Waals surface area contributed by atoms with E-state index in [4.69, 9.17) is 5.73 Å². The van der Waals surface area contributed by atoms with Crippen molar-refractivity contribution in [2.24, 2.45) is 5.73 Å². The molecule has 1 fully saturated rings. The number of nitrogens with two attached hydrogens (primary N) is 1. The molecule has 2 N–H and O–H groups in total. The number of hydrogen-bond donors (Lipinski definition) is 1. The maximum absolute atomic E-state index is 12.7. The van der Waals surface area contributed by atoms with Crippen LogP contribution in [0.1, 0.15) is 27.7 Å². The zero-order valence-corrected chi connectivity index (χ0v) is 17.7. The van der Waals surface area contributed by atoms with Crippen LogP contribution >= 0.6 is 35.1 Å². The third-order valence-corrected chi connectivity index (χ3v) is 6.97. The van der Waals surface area contributed by atoms with Crippen molar-refractivity contribution in [3.63, 3.8) is 0 Å². The molecule has 0 bridgehead atoms. The lowest BCUT2D eigenvalue weighted by Crippen LogP contribution is -2.50. The first-order chi connectivity index (χ1) is 13.1. The number of benzene rings is 1. The third kappa shape index (κ3) is 4.38. The van der Waals surface area contributed by atoms with E-state index in [-0.39, 0.29) is 30.3 Å². The standard InChI is InChI=1S/C20H21N3O2S2.ClH/c21-15(14-4-2-1-3-5-14)12-19(24)22-7-9-23(10-8-22)20(25)18-13-17-16(27-18)6-11-26-17;/h1-6,11,13,15H,7-10,12,21H2;1H. The highest BCUT2D eigenvalue weighted by Gasteiger charge is 2.26. The monoisotopic (exact) mass is 435 g/mol. The van der Waals surface area contributed by atoms with Gasteiger partial charge in [-0.2, -0.15) is 0 Å². The van der Waals surface area contributed by atoms with E-state index in [2.05, 4.69) is 0 Å². The Morgan fingerprint density at radius 2 is 1.68 bits per heavy atom. The molecule has 1 aliphatic rings. The second-order valence-electron chi connectivity index (χ2n) is 6.65. The molecule has 5 nitrogen and oxygen atoms in total. The Kier molecular flexibility index (Phi) is 6.72. The molecule has 0 aliphatic carbocycles. The van der Waals surface area contributed by atoms with Crippen LogP contribution in [-0.4, -0.2) is 47.8 Å². The highest BCUT2D eigenvalue weighted by atomic mass is 35.5. The number of fused-ring (bicyclic) bond motifs is 1. The number of amides is 2.